The van der Waals surface area contributed by atoms with Crippen molar-refractivity contribution in [2.24, 2.45) is 0 Å². The zero-order valence-corrected chi connectivity index (χ0v) is 9.33. The van der Waals surface area contributed by atoms with Crippen molar-refractivity contribution in [2.75, 3.05) is 7.11 Å². The van der Waals surface area contributed by atoms with Gasteiger partial charge in [0.2, 0.25) is 0 Å². The highest BCUT2D eigenvalue weighted by molar-refractivity contribution is 5.87. The highest BCUT2D eigenvalue weighted by atomic mass is 16.5. The average molecular weight is 205 g/mol. The highest BCUT2D eigenvalue weighted by Gasteiger charge is 2.32. The molecule has 3 nitrogen and oxygen atoms in total. The Hall–Kier alpha value is -1.38. The van der Waals surface area contributed by atoms with Crippen molar-refractivity contribution < 1.29 is 9.53 Å². The van der Waals surface area contributed by atoms with Crippen LogP contribution in [0.25, 0.3) is 0 Å². The number of fused-ring (bicyclic) bond motifs is 1. The lowest BCUT2D eigenvalue weighted by molar-refractivity contribution is 0.0593. The first-order valence-corrected chi connectivity index (χ1v) is 5.13. The summed E-state index contributed by atoms with van der Waals surface area (Å²) in [5.74, 6) is -0.361. The van der Waals surface area contributed by atoms with Crippen molar-refractivity contribution >= 4 is 5.97 Å². The molecule has 0 atom stereocenters. The molecule has 0 fully saturated rings. The summed E-state index contributed by atoms with van der Waals surface area (Å²) in [6, 6.07) is 3.73. The van der Waals surface area contributed by atoms with Gasteiger partial charge in [-0.15, -0.1) is 0 Å². The number of ether oxygens (including phenoxy) is 1. The fourth-order valence-corrected chi connectivity index (χ4v) is 2.06. The number of carbonyl (C=O) groups is 1. The maximum Gasteiger partial charge on any atom is 0.356 e. The SMILES string of the molecule is COC(=O)c1ccc2c(n1)C(C)(C)CC2. The maximum atomic E-state index is 11.3. The Morgan fingerprint density at radius 1 is 1.47 bits per heavy atom. The number of hydrogen-bond acceptors (Lipinski definition) is 3. The van der Waals surface area contributed by atoms with Gasteiger partial charge in [0.15, 0.2) is 0 Å². The first-order chi connectivity index (χ1) is 7.04. The number of esters is 1. The third-order valence-corrected chi connectivity index (χ3v) is 3.03. The van der Waals surface area contributed by atoms with E-state index in [1.54, 1.807) is 6.07 Å². The average Bonchev–Trinajstić information content (AvgIpc) is 2.53. The number of aryl methyl sites for hydroxylation is 1. The van der Waals surface area contributed by atoms with Crippen LogP contribution in [0.5, 0.6) is 0 Å². The van der Waals surface area contributed by atoms with Crippen LogP contribution >= 0.6 is 0 Å². The molecule has 0 radical (unpaired) electrons. The summed E-state index contributed by atoms with van der Waals surface area (Å²) in [6.07, 6.45) is 2.15. The van der Waals surface area contributed by atoms with Crippen LogP contribution in [0.15, 0.2) is 12.1 Å². The molecule has 1 heterocycles. The van der Waals surface area contributed by atoms with E-state index < -0.39 is 0 Å². The molecule has 0 aliphatic heterocycles. The Bertz CT molecular complexity index is 410. The summed E-state index contributed by atoms with van der Waals surface area (Å²) >= 11 is 0. The summed E-state index contributed by atoms with van der Waals surface area (Å²) < 4.78 is 4.66. The summed E-state index contributed by atoms with van der Waals surface area (Å²) in [7, 11) is 1.38. The number of rotatable bonds is 1. The zero-order chi connectivity index (χ0) is 11.1. The smallest absolute Gasteiger partial charge is 0.356 e. The minimum absolute atomic E-state index is 0.0827. The van der Waals surface area contributed by atoms with Crippen molar-refractivity contribution in [3.63, 3.8) is 0 Å². The fraction of sp³-hybridized carbons (Fsp3) is 0.500. The summed E-state index contributed by atoms with van der Waals surface area (Å²) in [6.45, 7) is 4.32. The second-order valence-corrected chi connectivity index (χ2v) is 4.58. The molecule has 1 aromatic rings. The predicted molar refractivity (Wildman–Crippen MR) is 56.9 cm³/mol. The highest BCUT2D eigenvalue weighted by Crippen LogP contribution is 2.36. The monoisotopic (exact) mass is 205 g/mol. The van der Waals surface area contributed by atoms with Gasteiger partial charge in [-0.2, -0.15) is 0 Å². The third kappa shape index (κ3) is 1.62. The predicted octanol–water partition coefficient (Wildman–Crippen LogP) is 2.09. The van der Waals surface area contributed by atoms with Crippen molar-refractivity contribution in [2.45, 2.75) is 32.1 Å². The van der Waals surface area contributed by atoms with Crippen LogP contribution in [0.3, 0.4) is 0 Å². The van der Waals surface area contributed by atoms with E-state index in [0.717, 1.165) is 18.5 Å². The van der Waals surface area contributed by atoms with Gasteiger partial charge in [-0.25, -0.2) is 9.78 Å². The van der Waals surface area contributed by atoms with Crippen LogP contribution in [-0.2, 0) is 16.6 Å². The molecule has 0 unspecified atom stereocenters. The number of nitrogens with zero attached hydrogens (tertiary/aromatic N) is 1. The van der Waals surface area contributed by atoms with Gasteiger partial charge < -0.3 is 4.74 Å². The van der Waals surface area contributed by atoms with Crippen LogP contribution < -0.4 is 0 Å². The second kappa shape index (κ2) is 3.33. The lowest BCUT2D eigenvalue weighted by atomic mass is 9.90. The van der Waals surface area contributed by atoms with E-state index in [1.165, 1.54) is 12.7 Å². The Morgan fingerprint density at radius 2 is 2.20 bits per heavy atom. The van der Waals surface area contributed by atoms with Crippen LogP contribution in [0.2, 0.25) is 0 Å². The van der Waals surface area contributed by atoms with Gasteiger partial charge in [0.25, 0.3) is 0 Å². The summed E-state index contributed by atoms with van der Waals surface area (Å²) in [5, 5.41) is 0. The standard InChI is InChI=1S/C12H15NO2/c1-12(2)7-6-8-4-5-9(11(14)15-3)13-10(8)12/h4-5H,6-7H2,1-3H3. The van der Waals surface area contributed by atoms with Crippen LogP contribution in [-0.4, -0.2) is 18.1 Å². The van der Waals surface area contributed by atoms with Gasteiger partial charge in [0, 0.05) is 5.41 Å². The second-order valence-electron chi connectivity index (χ2n) is 4.58. The molecule has 0 N–H and O–H groups in total. The Balaban J connectivity index is 2.46. The summed E-state index contributed by atoms with van der Waals surface area (Å²) in [5.41, 5.74) is 2.79. The molecule has 1 aliphatic carbocycles. The van der Waals surface area contributed by atoms with E-state index in [4.69, 9.17) is 0 Å². The lowest BCUT2D eigenvalue weighted by Gasteiger charge is -2.17. The zero-order valence-electron chi connectivity index (χ0n) is 9.33. The molecular formula is C12H15NO2. The Labute approximate surface area is 89.5 Å². The molecule has 0 amide bonds. The van der Waals surface area contributed by atoms with Gasteiger partial charge in [-0.3, -0.25) is 0 Å². The topological polar surface area (TPSA) is 39.2 Å². The Morgan fingerprint density at radius 3 is 2.87 bits per heavy atom. The maximum absolute atomic E-state index is 11.3. The van der Waals surface area contributed by atoms with Gasteiger partial charge in [0.1, 0.15) is 5.69 Å². The molecule has 80 valence electrons. The van der Waals surface area contributed by atoms with Gasteiger partial charge in [0.05, 0.1) is 12.8 Å². The fourth-order valence-electron chi connectivity index (χ4n) is 2.06. The van der Waals surface area contributed by atoms with Crippen molar-refractivity contribution in [1.82, 2.24) is 4.98 Å². The first kappa shape index (κ1) is 10.1. The number of hydrogen-bond donors (Lipinski definition) is 0. The number of pyridine rings is 1. The molecule has 0 saturated carbocycles. The molecule has 0 bridgehead atoms. The molecule has 3 heteroatoms. The first-order valence-electron chi connectivity index (χ1n) is 5.13. The quantitative estimate of drug-likeness (QED) is 0.659. The normalized spacial score (nSPS) is 17.3. The van der Waals surface area contributed by atoms with Crippen molar-refractivity contribution in [3.8, 4) is 0 Å². The number of carbonyl (C=O) groups excluding carboxylic acids is 1. The van der Waals surface area contributed by atoms with Crippen LogP contribution in [0.4, 0.5) is 0 Å². The van der Waals surface area contributed by atoms with E-state index in [2.05, 4.69) is 23.6 Å². The minimum Gasteiger partial charge on any atom is -0.464 e. The van der Waals surface area contributed by atoms with E-state index in [9.17, 15) is 4.79 Å². The van der Waals surface area contributed by atoms with Gasteiger partial charge >= 0.3 is 5.97 Å². The lowest BCUT2D eigenvalue weighted by Crippen LogP contribution is -2.16. The van der Waals surface area contributed by atoms with E-state index in [0.29, 0.717) is 5.69 Å². The van der Waals surface area contributed by atoms with Gasteiger partial charge in [-0.05, 0) is 24.5 Å². The number of methoxy groups -OCH3 is 1. The molecule has 2 rings (SSSR count). The summed E-state index contributed by atoms with van der Waals surface area (Å²) in [4.78, 5) is 15.7. The third-order valence-electron chi connectivity index (χ3n) is 3.03. The molecule has 1 aliphatic rings. The minimum atomic E-state index is -0.361. The molecular weight excluding hydrogens is 190 g/mol. The van der Waals surface area contributed by atoms with Crippen molar-refractivity contribution in [1.29, 1.82) is 0 Å². The van der Waals surface area contributed by atoms with Crippen molar-refractivity contribution in [3.05, 3.63) is 29.1 Å². The van der Waals surface area contributed by atoms with Crippen LogP contribution in [0, 0.1) is 0 Å². The molecule has 15 heavy (non-hydrogen) atoms. The van der Waals surface area contributed by atoms with Gasteiger partial charge in [-0.1, -0.05) is 19.9 Å². The molecule has 0 spiro atoms. The number of aromatic nitrogens is 1. The van der Waals surface area contributed by atoms with Crippen LogP contribution in [0.1, 0.15) is 42.0 Å². The van der Waals surface area contributed by atoms with E-state index >= 15 is 0 Å². The molecule has 1 aromatic heterocycles. The molecule has 0 aromatic carbocycles. The molecule has 0 saturated heterocycles. The van der Waals surface area contributed by atoms with E-state index in [-0.39, 0.29) is 11.4 Å². The largest absolute Gasteiger partial charge is 0.464 e. The Kier molecular flexibility index (Phi) is 2.25. The van der Waals surface area contributed by atoms with E-state index in [1.807, 2.05) is 6.07 Å².